The summed E-state index contributed by atoms with van der Waals surface area (Å²) in [4.78, 5) is 18.9. The first-order valence-corrected chi connectivity index (χ1v) is 8.30. The quantitative estimate of drug-likeness (QED) is 0.697. The van der Waals surface area contributed by atoms with Crippen molar-refractivity contribution in [3.05, 3.63) is 47.4 Å². The summed E-state index contributed by atoms with van der Waals surface area (Å²) in [6.07, 6.45) is 1.91. The molecule has 6 heteroatoms. The van der Waals surface area contributed by atoms with E-state index in [-0.39, 0.29) is 11.6 Å². The minimum absolute atomic E-state index is 0.148. The molecule has 0 radical (unpaired) electrons. The van der Waals surface area contributed by atoms with E-state index >= 15 is 0 Å². The molecule has 0 saturated heterocycles. The van der Waals surface area contributed by atoms with Crippen LogP contribution in [0.4, 0.5) is 4.39 Å². The smallest absolute Gasteiger partial charge is 0.259 e. The fraction of sp³-hybridized carbons (Fsp3) is 0.316. The second-order valence-corrected chi connectivity index (χ2v) is 6.06. The molecule has 0 spiro atoms. The van der Waals surface area contributed by atoms with Crippen LogP contribution in [0.1, 0.15) is 35.8 Å². The van der Waals surface area contributed by atoms with E-state index in [9.17, 15) is 9.18 Å². The maximum atomic E-state index is 14.2. The van der Waals surface area contributed by atoms with Crippen LogP contribution in [0.2, 0.25) is 0 Å². The average Bonchev–Trinajstić information content (AvgIpc) is 2.99. The first kappa shape index (κ1) is 17.1. The number of benzene rings is 1. The maximum Gasteiger partial charge on any atom is 0.259 e. The van der Waals surface area contributed by atoms with E-state index < -0.39 is 5.82 Å². The molecule has 130 valence electrons. The second-order valence-electron chi connectivity index (χ2n) is 6.06. The summed E-state index contributed by atoms with van der Waals surface area (Å²) in [6, 6.07) is 7.95. The summed E-state index contributed by atoms with van der Waals surface area (Å²) in [5, 5.41) is 4.49. The molecule has 0 fully saturated rings. The van der Waals surface area contributed by atoms with Gasteiger partial charge in [-0.15, -0.1) is 0 Å². The largest absolute Gasteiger partial charge is 0.342 e. The summed E-state index contributed by atoms with van der Waals surface area (Å²) >= 11 is 0. The maximum absolute atomic E-state index is 14.2. The van der Waals surface area contributed by atoms with Crippen LogP contribution < -0.4 is 0 Å². The van der Waals surface area contributed by atoms with Crippen LogP contribution in [0.3, 0.4) is 0 Å². The third-order valence-corrected chi connectivity index (χ3v) is 4.19. The van der Waals surface area contributed by atoms with Crippen LogP contribution in [0.15, 0.2) is 34.9 Å². The van der Waals surface area contributed by atoms with Crippen molar-refractivity contribution in [3.8, 4) is 11.3 Å². The molecule has 5 nitrogen and oxygen atoms in total. The molecule has 3 aromatic rings. The van der Waals surface area contributed by atoms with E-state index in [1.165, 1.54) is 6.07 Å². The summed E-state index contributed by atoms with van der Waals surface area (Å²) < 4.78 is 19.4. The molecule has 2 heterocycles. The lowest BCUT2D eigenvalue weighted by Gasteiger charge is -2.17. The van der Waals surface area contributed by atoms with Crippen molar-refractivity contribution in [2.45, 2.75) is 26.7 Å². The Morgan fingerprint density at radius 2 is 2.08 bits per heavy atom. The number of pyridine rings is 1. The first-order chi connectivity index (χ1) is 12.0. The van der Waals surface area contributed by atoms with Gasteiger partial charge in [0.05, 0.1) is 22.3 Å². The summed E-state index contributed by atoms with van der Waals surface area (Å²) in [6.45, 7) is 4.49. The van der Waals surface area contributed by atoms with E-state index in [1.807, 2.05) is 0 Å². The molecule has 0 unspecified atom stereocenters. The third kappa shape index (κ3) is 3.24. The van der Waals surface area contributed by atoms with Crippen molar-refractivity contribution in [1.82, 2.24) is 15.0 Å². The van der Waals surface area contributed by atoms with E-state index in [4.69, 9.17) is 4.52 Å². The number of carbonyl (C=O) groups is 1. The predicted octanol–water partition coefficient (Wildman–Crippen LogP) is 4.21. The highest BCUT2D eigenvalue weighted by Crippen LogP contribution is 2.29. The van der Waals surface area contributed by atoms with Crippen molar-refractivity contribution >= 4 is 17.0 Å². The number of nitrogens with zero attached hydrogens (tertiary/aromatic N) is 3. The van der Waals surface area contributed by atoms with Gasteiger partial charge in [-0.3, -0.25) is 4.79 Å². The Morgan fingerprint density at radius 3 is 2.80 bits per heavy atom. The van der Waals surface area contributed by atoms with Crippen molar-refractivity contribution < 1.29 is 13.7 Å². The molecule has 1 amide bonds. The minimum atomic E-state index is -0.400. The minimum Gasteiger partial charge on any atom is -0.342 e. The fourth-order valence-electron chi connectivity index (χ4n) is 2.77. The molecular weight excluding hydrogens is 321 g/mol. The number of unbranched alkanes of at least 4 members (excludes halogenated alkanes) is 1. The topological polar surface area (TPSA) is 59.2 Å². The normalized spacial score (nSPS) is 11.0. The van der Waals surface area contributed by atoms with Gasteiger partial charge in [0.2, 0.25) is 0 Å². The molecule has 0 N–H and O–H groups in total. The lowest BCUT2D eigenvalue weighted by molar-refractivity contribution is 0.0795. The van der Waals surface area contributed by atoms with Gasteiger partial charge in [0.25, 0.3) is 11.6 Å². The Morgan fingerprint density at radius 1 is 1.32 bits per heavy atom. The molecule has 0 aliphatic carbocycles. The SMILES string of the molecule is CCCCN(C)C(=O)c1cc(-c2ccccc2F)nc2onc(C)c12. The Kier molecular flexibility index (Phi) is 4.79. The Bertz CT molecular complexity index is 920. The molecule has 1 aromatic carbocycles. The van der Waals surface area contributed by atoms with Crippen LogP contribution in [-0.4, -0.2) is 34.5 Å². The van der Waals surface area contributed by atoms with Crippen molar-refractivity contribution in [3.63, 3.8) is 0 Å². The highest BCUT2D eigenvalue weighted by molar-refractivity contribution is 6.06. The van der Waals surface area contributed by atoms with Gasteiger partial charge in [-0.25, -0.2) is 9.37 Å². The van der Waals surface area contributed by atoms with Gasteiger partial charge >= 0.3 is 0 Å². The Labute approximate surface area is 145 Å². The summed E-state index contributed by atoms with van der Waals surface area (Å²) in [7, 11) is 1.76. The number of hydrogen-bond donors (Lipinski definition) is 0. The monoisotopic (exact) mass is 341 g/mol. The average molecular weight is 341 g/mol. The van der Waals surface area contributed by atoms with Gasteiger partial charge in [-0.05, 0) is 31.5 Å². The van der Waals surface area contributed by atoms with E-state index in [1.54, 1.807) is 43.1 Å². The third-order valence-electron chi connectivity index (χ3n) is 4.19. The first-order valence-electron chi connectivity index (χ1n) is 8.30. The molecule has 3 rings (SSSR count). The lowest BCUT2D eigenvalue weighted by Crippen LogP contribution is -2.28. The molecule has 0 saturated carbocycles. The number of halogens is 1. The van der Waals surface area contributed by atoms with Crippen LogP contribution >= 0.6 is 0 Å². The lowest BCUT2D eigenvalue weighted by atomic mass is 10.0. The van der Waals surface area contributed by atoms with E-state index in [0.717, 1.165) is 12.8 Å². The molecule has 0 bridgehead atoms. The molecule has 0 atom stereocenters. The van der Waals surface area contributed by atoms with Crippen LogP contribution in [0.25, 0.3) is 22.4 Å². The number of carbonyl (C=O) groups excluding carboxylic acids is 1. The zero-order chi connectivity index (χ0) is 18.0. The van der Waals surface area contributed by atoms with Crippen molar-refractivity contribution in [2.24, 2.45) is 0 Å². The van der Waals surface area contributed by atoms with Crippen LogP contribution in [0, 0.1) is 12.7 Å². The molecule has 2 aromatic heterocycles. The predicted molar refractivity (Wildman–Crippen MR) is 93.8 cm³/mol. The zero-order valence-electron chi connectivity index (χ0n) is 14.5. The Balaban J connectivity index is 2.14. The fourth-order valence-corrected chi connectivity index (χ4v) is 2.77. The molecule has 0 aliphatic rings. The zero-order valence-corrected chi connectivity index (χ0v) is 14.5. The molecular formula is C19H20FN3O2. The number of rotatable bonds is 5. The van der Waals surface area contributed by atoms with Crippen molar-refractivity contribution in [2.75, 3.05) is 13.6 Å². The highest BCUT2D eigenvalue weighted by Gasteiger charge is 2.22. The molecule has 25 heavy (non-hydrogen) atoms. The summed E-state index contributed by atoms with van der Waals surface area (Å²) in [5.41, 5.74) is 1.94. The van der Waals surface area contributed by atoms with Gasteiger partial charge < -0.3 is 9.42 Å². The van der Waals surface area contributed by atoms with Gasteiger partial charge in [-0.2, -0.15) is 0 Å². The van der Waals surface area contributed by atoms with Gasteiger partial charge in [0.1, 0.15) is 5.82 Å². The number of fused-ring (bicyclic) bond motifs is 1. The second kappa shape index (κ2) is 7.01. The summed E-state index contributed by atoms with van der Waals surface area (Å²) in [5.74, 6) is -0.548. The molecule has 0 aliphatic heterocycles. The van der Waals surface area contributed by atoms with Crippen molar-refractivity contribution in [1.29, 1.82) is 0 Å². The Hall–Kier alpha value is -2.76. The van der Waals surface area contributed by atoms with Gasteiger partial charge in [-0.1, -0.05) is 30.6 Å². The van der Waals surface area contributed by atoms with Gasteiger partial charge in [0.15, 0.2) is 0 Å². The highest BCUT2D eigenvalue weighted by atomic mass is 19.1. The van der Waals surface area contributed by atoms with E-state index in [0.29, 0.717) is 34.4 Å². The number of aryl methyl sites for hydroxylation is 1. The van der Waals surface area contributed by atoms with Crippen LogP contribution in [-0.2, 0) is 0 Å². The van der Waals surface area contributed by atoms with Crippen LogP contribution in [0.5, 0.6) is 0 Å². The number of hydrogen-bond acceptors (Lipinski definition) is 4. The van der Waals surface area contributed by atoms with Gasteiger partial charge in [0, 0.05) is 19.2 Å². The number of amides is 1. The number of aromatic nitrogens is 2. The standard InChI is InChI=1S/C19H20FN3O2/c1-4-5-10-23(3)19(24)14-11-16(13-8-6-7-9-15(13)20)21-18-17(14)12(2)22-25-18/h6-9,11H,4-5,10H2,1-3H3. The van der Waals surface area contributed by atoms with E-state index in [2.05, 4.69) is 17.1 Å².